The minimum atomic E-state index is 0.544. The van der Waals surface area contributed by atoms with Crippen LogP contribution in [0.25, 0.3) is 0 Å². The summed E-state index contributed by atoms with van der Waals surface area (Å²) in [6.45, 7) is 10.3. The lowest BCUT2D eigenvalue weighted by molar-refractivity contribution is 0.304. The van der Waals surface area contributed by atoms with Crippen molar-refractivity contribution >= 4 is 5.95 Å². The van der Waals surface area contributed by atoms with E-state index < -0.39 is 0 Å². The average molecular weight is 292 g/mol. The zero-order chi connectivity index (χ0) is 15.1. The summed E-state index contributed by atoms with van der Waals surface area (Å²) in [5.41, 5.74) is 0. The van der Waals surface area contributed by atoms with Gasteiger partial charge in [0.1, 0.15) is 0 Å². The monoisotopic (exact) mass is 292 g/mol. The van der Waals surface area contributed by atoms with Gasteiger partial charge in [-0.3, -0.25) is 0 Å². The highest BCUT2D eigenvalue weighted by atomic mass is 16.5. The van der Waals surface area contributed by atoms with Gasteiger partial charge in [-0.25, -0.2) is 4.98 Å². The van der Waals surface area contributed by atoms with Gasteiger partial charge in [-0.15, -0.1) is 0 Å². The van der Waals surface area contributed by atoms with Crippen LogP contribution in [-0.2, 0) is 0 Å². The molecular formula is C16H28N4O. The third-order valence-corrected chi connectivity index (χ3v) is 3.69. The first-order valence-corrected chi connectivity index (χ1v) is 8.13. The number of nitrogens with one attached hydrogen (secondary N) is 1. The maximum absolute atomic E-state index is 5.60. The van der Waals surface area contributed by atoms with Crippen LogP contribution in [0.2, 0.25) is 0 Å². The zero-order valence-corrected chi connectivity index (χ0v) is 13.5. The highest BCUT2D eigenvalue weighted by Crippen LogP contribution is 2.21. The number of aromatic nitrogens is 2. The molecule has 0 spiro atoms. The molecule has 0 aliphatic carbocycles. The first-order chi connectivity index (χ1) is 10.2. The Bertz CT molecular complexity index is 424. The van der Waals surface area contributed by atoms with Crippen molar-refractivity contribution in [2.45, 2.75) is 46.1 Å². The van der Waals surface area contributed by atoms with E-state index in [1.807, 2.05) is 6.07 Å². The second kappa shape index (κ2) is 8.17. The van der Waals surface area contributed by atoms with Crippen molar-refractivity contribution in [3.63, 3.8) is 0 Å². The molecule has 1 aromatic heterocycles. The summed E-state index contributed by atoms with van der Waals surface area (Å²) < 4.78 is 5.60. The Kier molecular flexibility index (Phi) is 6.23. The Morgan fingerprint density at radius 3 is 3.10 bits per heavy atom. The Morgan fingerprint density at radius 1 is 1.48 bits per heavy atom. The van der Waals surface area contributed by atoms with Crippen LogP contribution in [0.1, 0.15) is 40.0 Å². The first kappa shape index (κ1) is 16.0. The van der Waals surface area contributed by atoms with E-state index in [0.717, 1.165) is 32.0 Å². The van der Waals surface area contributed by atoms with E-state index in [-0.39, 0.29) is 0 Å². The van der Waals surface area contributed by atoms with Crippen molar-refractivity contribution in [2.24, 2.45) is 5.92 Å². The fraction of sp³-hybridized carbons (Fsp3) is 0.750. The lowest BCUT2D eigenvalue weighted by Gasteiger charge is -2.33. The largest absolute Gasteiger partial charge is 0.478 e. The standard InChI is InChI=1S/C16H28N4O/c1-4-10-21-15-7-8-17-16(19-15)20-9-5-6-14(12-20)11-18-13(2)3/h7-8,13-14,18H,4-6,9-12H2,1-3H3. The predicted molar refractivity (Wildman–Crippen MR) is 85.9 cm³/mol. The Labute approximate surface area is 128 Å². The van der Waals surface area contributed by atoms with Crippen LogP contribution in [0.4, 0.5) is 5.95 Å². The topological polar surface area (TPSA) is 50.3 Å². The Hall–Kier alpha value is -1.36. The van der Waals surface area contributed by atoms with Crippen molar-refractivity contribution in [1.82, 2.24) is 15.3 Å². The quantitative estimate of drug-likeness (QED) is 0.836. The maximum Gasteiger partial charge on any atom is 0.228 e. The summed E-state index contributed by atoms with van der Waals surface area (Å²) >= 11 is 0. The van der Waals surface area contributed by atoms with Crippen LogP contribution < -0.4 is 15.0 Å². The summed E-state index contributed by atoms with van der Waals surface area (Å²) in [7, 11) is 0. The summed E-state index contributed by atoms with van der Waals surface area (Å²) in [4.78, 5) is 11.2. The van der Waals surface area contributed by atoms with E-state index in [1.165, 1.54) is 12.8 Å². The van der Waals surface area contributed by atoms with Crippen LogP contribution in [-0.4, -0.2) is 42.3 Å². The molecule has 1 fully saturated rings. The summed E-state index contributed by atoms with van der Waals surface area (Å²) in [5, 5.41) is 3.53. The number of piperidine rings is 1. The molecule has 1 aromatic rings. The van der Waals surface area contributed by atoms with E-state index in [0.29, 0.717) is 24.4 Å². The summed E-state index contributed by atoms with van der Waals surface area (Å²) in [6, 6.07) is 2.38. The number of hydrogen-bond donors (Lipinski definition) is 1. The molecule has 1 aliphatic heterocycles. The van der Waals surface area contributed by atoms with Crippen molar-refractivity contribution in [3.8, 4) is 5.88 Å². The third kappa shape index (κ3) is 5.16. The van der Waals surface area contributed by atoms with Crippen LogP contribution in [0.5, 0.6) is 5.88 Å². The van der Waals surface area contributed by atoms with E-state index in [1.54, 1.807) is 6.20 Å². The number of ether oxygens (including phenoxy) is 1. The molecule has 5 nitrogen and oxygen atoms in total. The number of rotatable bonds is 7. The fourth-order valence-corrected chi connectivity index (χ4v) is 2.59. The Balaban J connectivity index is 1.93. The van der Waals surface area contributed by atoms with Gasteiger partial charge in [0.25, 0.3) is 0 Å². The molecule has 1 aliphatic rings. The zero-order valence-electron chi connectivity index (χ0n) is 13.5. The number of anilines is 1. The van der Waals surface area contributed by atoms with E-state index in [4.69, 9.17) is 4.74 Å². The highest BCUT2D eigenvalue weighted by Gasteiger charge is 2.22. The molecule has 2 heterocycles. The third-order valence-electron chi connectivity index (χ3n) is 3.69. The molecule has 0 saturated carbocycles. The van der Waals surface area contributed by atoms with Gasteiger partial charge in [0, 0.05) is 31.4 Å². The van der Waals surface area contributed by atoms with Crippen LogP contribution in [0.15, 0.2) is 12.3 Å². The van der Waals surface area contributed by atoms with Gasteiger partial charge in [0.15, 0.2) is 0 Å². The molecule has 1 saturated heterocycles. The lowest BCUT2D eigenvalue weighted by atomic mass is 9.98. The van der Waals surface area contributed by atoms with E-state index >= 15 is 0 Å². The molecule has 1 atom stereocenters. The van der Waals surface area contributed by atoms with Crippen LogP contribution in [0.3, 0.4) is 0 Å². The minimum Gasteiger partial charge on any atom is -0.478 e. The van der Waals surface area contributed by atoms with E-state index in [9.17, 15) is 0 Å². The molecule has 0 aromatic carbocycles. The normalized spacial score (nSPS) is 19.0. The average Bonchev–Trinajstić information content (AvgIpc) is 2.51. The Morgan fingerprint density at radius 2 is 2.33 bits per heavy atom. The van der Waals surface area contributed by atoms with Crippen molar-refractivity contribution in [2.75, 3.05) is 31.1 Å². The molecule has 5 heteroatoms. The van der Waals surface area contributed by atoms with Crippen molar-refractivity contribution in [1.29, 1.82) is 0 Å². The van der Waals surface area contributed by atoms with Crippen molar-refractivity contribution in [3.05, 3.63) is 12.3 Å². The van der Waals surface area contributed by atoms with Gasteiger partial charge >= 0.3 is 0 Å². The van der Waals surface area contributed by atoms with Gasteiger partial charge in [-0.1, -0.05) is 20.8 Å². The van der Waals surface area contributed by atoms with Gasteiger partial charge in [-0.05, 0) is 31.7 Å². The highest BCUT2D eigenvalue weighted by molar-refractivity contribution is 5.32. The SMILES string of the molecule is CCCOc1ccnc(N2CCCC(CNC(C)C)C2)n1. The van der Waals surface area contributed by atoms with Gasteiger partial charge < -0.3 is 15.0 Å². The molecule has 0 bridgehead atoms. The molecule has 0 radical (unpaired) electrons. The second-order valence-electron chi connectivity index (χ2n) is 6.06. The van der Waals surface area contributed by atoms with Gasteiger partial charge in [-0.2, -0.15) is 4.98 Å². The molecule has 118 valence electrons. The van der Waals surface area contributed by atoms with E-state index in [2.05, 4.69) is 41.0 Å². The molecule has 1 unspecified atom stereocenters. The van der Waals surface area contributed by atoms with Crippen LogP contribution >= 0.6 is 0 Å². The fourth-order valence-electron chi connectivity index (χ4n) is 2.59. The second-order valence-corrected chi connectivity index (χ2v) is 6.06. The van der Waals surface area contributed by atoms with Gasteiger partial charge in [0.2, 0.25) is 11.8 Å². The van der Waals surface area contributed by atoms with Crippen molar-refractivity contribution < 1.29 is 4.74 Å². The molecule has 0 amide bonds. The molecule has 2 rings (SSSR count). The summed E-state index contributed by atoms with van der Waals surface area (Å²) in [6.07, 6.45) is 5.27. The first-order valence-electron chi connectivity index (χ1n) is 8.13. The smallest absolute Gasteiger partial charge is 0.228 e. The lowest BCUT2D eigenvalue weighted by Crippen LogP contribution is -2.41. The van der Waals surface area contributed by atoms with Gasteiger partial charge in [0.05, 0.1) is 6.61 Å². The molecule has 1 N–H and O–H groups in total. The predicted octanol–water partition coefficient (Wildman–Crippen LogP) is 2.48. The summed E-state index contributed by atoms with van der Waals surface area (Å²) in [5.74, 6) is 2.16. The molecular weight excluding hydrogens is 264 g/mol. The maximum atomic E-state index is 5.60. The van der Waals surface area contributed by atoms with Crippen LogP contribution in [0, 0.1) is 5.92 Å². The number of hydrogen-bond acceptors (Lipinski definition) is 5. The number of nitrogens with zero attached hydrogens (tertiary/aromatic N) is 3. The molecule has 21 heavy (non-hydrogen) atoms. The minimum absolute atomic E-state index is 0.544.